The number of fused-ring (bicyclic) bond motifs is 1. The molecule has 2 fully saturated rings. The molecule has 0 radical (unpaired) electrons. The second-order valence-corrected chi connectivity index (χ2v) is 3.92. The van der Waals surface area contributed by atoms with Crippen molar-refractivity contribution in [3.8, 4) is 0 Å². The van der Waals surface area contributed by atoms with Crippen molar-refractivity contribution in [2.45, 2.75) is 37.6 Å². The minimum absolute atomic E-state index is 0.0679. The monoisotopic (exact) mass is 214 g/mol. The third-order valence-corrected chi connectivity index (χ3v) is 2.92. The van der Waals surface area contributed by atoms with Crippen LogP contribution in [0.1, 0.15) is 19.3 Å². The number of nitrogens with two attached hydrogens (primary N) is 1. The van der Waals surface area contributed by atoms with Gasteiger partial charge in [-0.3, -0.25) is 9.69 Å². The van der Waals surface area contributed by atoms with Crippen LogP contribution >= 0.6 is 0 Å². The van der Waals surface area contributed by atoms with Crippen molar-refractivity contribution < 1.29 is 19.4 Å². The Kier molecular flexibility index (Phi) is 2.62. The van der Waals surface area contributed by atoms with E-state index in [2.05, 4.69) is 0 Å². The number of hydrogen-bond donors (Lipinski definition) is 2. The summed E-state index contributed by atoms with van der Waals surface area (Å²) in [6.07, 6.45) is 1.66. The summed E-state index contributed by atoms with van der Waals surface area (Å²) in [4.78, 5) is 24.0. The molecule has 2 aliphatic rings. The van der Waals surface area contributed by atoms with Gasteiger partial charge in [0.25, 0.3) is 0 Å². The molecule has 2 aliphatic heterocycles. The van der Waals surface area contributed by atoms with Crippen LogP contribution in [0.4, 0.5) is 0 Å². The van der Waals surface area contributed by atoms with Crippen molar-refractivity contribution in [2.75, 3.05) is 6.61 Å². The molecule has 0 bridgehead atoms. The lowest BCUT2D eigenvalue weighted by Gasteiger charge is -2.25. The number of carbonyl (C=O) groups excluding carboxylic acids is 1. The van der Waals surface area contributed by atoms with E-state index in [0.717, 1.165) is 6.42 Å². The molecule has 15 heavy (non-hydrogen) atoms. The molecule has 0 aromatic rings. The molecule has 0 aliphatic carbocycles. The number of rotatable bonds is 1. The normalized spacial score (nSPS) is 36.2. The molecule has 3 N–H and O–H groups in total. The number of carboxylic acids is 1. The Hall–Kier alpha value is -1.14. The van der Waals surface area contributed by atoms with Gasteiger partial charge in [0, 0.05) is 0 Å². The fourth-order valence-electron chi connectivity index (χ4n) is 2.10. The van der Waals surface area contributed by atoms with Crippen molar-refractivity contribution in [3.63, 3.8) is 0 Å². The van der Waals surface area contributed by atoms with Crippen LogP contribution < -0.4 is 5.73 Å². The van der Waals surface area contributed by atoms with E-state index in [0.29, 0.717) is 12.8 Å². The van der Waals surface area contributed by atoms with Crippen molar-refractivity contribution in [2.24, 2.45) is 5.73 Å². The molecular formula is C9H14N2O4. The topological polar surface area (TPSA) is 92.9 Å². The molecule has 0 unspecified atom stereocenters. The van der Waals surface area contributed by atoms with Crippen LogP contribution in [0.3, 0.4) is 0 Å². The van der Waals surface area contributed by atoms with Crippen LogP contribution in [-0.2, 0) is 14.3 Å². The Morgan fingerprint density at radius 2 is 2.27 bits per heavy atom. The molecule has 3 atom stereocenters. The van der Waals surface area contributed by atoms with Crippen LogP contribution in [0.5, 0.6) is 0 Å². The number of amides is 1. The van der Waals surface area contributed by atoms with Crippen LogP contribution in [-0.4, -0.2) is 46.8 Å². The second kappa shape index (κ2) is 3.79. The van der Waals surface area contributed by atoms with E-state index in [1.807, 2.05) is 0 Å². The van der Waals surface area contributed by atoms with Gasteiger partial charge in [0.15, 0.2) is 6.04 Å². The first kappa shape index (κ1) is 10.4. The highest BCUT2D eigenvalue weighted by Gasteiger charge is 2.44. The highest BCUT2D eigenvalue weighted by Crippen LogP contribution is 2.26. The summed E-state index contributed by atoms with van der Waals surface area (Å²) in [5.41, 5.74) is 5.66. The van der Waals surface area contributed by atoms with Crippen LogP contribution in [0.25, 0.3) is 0 Å². The highest BCUT2D eigenvalue weighted by atomic mass is 16.5. The lowest BCUT2D eigenvalue weighted by atomic mass is 10.1. The summed E-state index contributed by atoms with van der Waals surface area (Å²) in [6.45, 7) is 0.0679. The summed E-state index contributed by atoms with van der Waals surface area (Å²) in [5, 5.41) is 8.93. The number of carboxylic acid groups (broad SMARTS) is 1. The minimum Gasteiger partial charge on any atom is -0.480 e. The lowest BCUT2D eigenvalue weighted by Crippen LogP contribution is -2.50. The molecule has 84 valence electrons. The zero-order valence-corrected chi connectivity index (χ0v) is 8.26. The second-order valence-electron chi connectivity index (χ2n) is 3.92. The van der Waals surface area contributed by atoms with Gasteiger partial charge in [0.2, 0.25) is 5.91 Å². The smallest absolute Gasteiger partial charge is 0.328 e. The fourth-order valence-corrected chi connectivity index (χ4v) is 2.10. The number of ether oxygens (including phenoxy) is 1. The average Bonchev–Trinajstić information content (AvgIpc) is 2.55. The maximum atomic E-state index is 11.8. The Balaban J connectivity index is 2.23. The molecule has 6 nitrogen and oxygen atoms in total. The van der Waals surface area contributed by atoms with Gasteiger partial charge in [-0.15, -0.1) is 0 Å². The third kappa shape index (κ3) is 1.70. The van der Waals surface area contributed by atoms with E-state index in [1.54, 1.807) is 0 Å². The van der Waals surface area contributed by atoms with Crippen molar-refractivity contribution in [1.82, 2.24) is 4.90 Å². The molecule has 6 heteroatoms. The molecule has 0 aromatic heterocycles. The number of aliphatic carboxylic acids is 1. The predicted molar refractivity (Wildman–Crippen MR) is 49.8 cm³/mol. The number of hydrogen-bond acceptors (Lipinski definition) is 4. The van der Waals surface area contributed by atoms with Crippen LogP contribution in [0.15, 0.2) is 0 Å². The van der Waals surface area contributed by atoms with Crippen molar-refractivity contribution in [3.05, 3.63) is 0 Å². The summed E-state index contributed by atoms with van der Waals surface area (Å²) in [6, 6.07) is -1.45. The largest absolute Gasteiger partial charge is 0.480 e. The molecule has 0 saturated carbocycles. The van der Waals surface area contributed by atoms with E-state index >= 15 is 0 Å². The first-order valence-electron chi connectivity index (χ1n) is 5.03. The van der Waals surface area contributed by atoms with Crippen molar-refractivity contribution in [1.29, 1.82) is 0 Å². The van der Waals surface area contributed by atoms with Gasteiger partial charge in [-0.2, -0.15) is 0 Å². The standard InChI is InChI=1S/C9H14N2O4/c10-5-2-1-3-7-11(8(5)12)6(4-15-7)9(13)14/h5-7H,1-4,10H2,(H,13,14)/t5-,6-,7-/m1/s1. The third-order valence-electron chi connectivity index (χ3n) is 2.92. The maximum absolute atomic E-state index is 11.8. The van der Waals surface area contributed by atoms with E-state index in [1.165, 1.54) is 4.90 Å². The first-order chi connectivity index (χ1) is 7.11. The predicted octanol–water partition coefficient (Wildman–Crippen LogP) is -0.864. The first-order valence-corrected chi connectivity index (χ1v) is 5.03. The fraction of sp³-hybridized carbons (Fsp3) is 0.778. The molecule has 2 saturated heterocycles. The van der Waals surface area contributed by atoms with E-state index in [-0.39, 0.29) is 12.5 Å². The Bertz CT molecular complexity index is 294. The zero-order valence-electron chi connectivity index (χ0n) is 8.26. The van der Waals surface area contributed by atoms with Crippen LogP contribution in [0.2, 0.25) is 0 Å². The molecule has 2 heterocycles. The molecule has 2 rings (SSSR count). The Morgan fingerprint density at radius 3 is 2.93 bits per heavy atom. The average molecular weight is 214 g/mol. The minimum atomic E-state index is -1.03. The summed E-state index contributed by atoms with van der Waals surface area (Å²) < 4.78 is 5.30. The van der Waals surface area contributed by atoms with Gasteiger partial charge in [0.1, 0.15) is 6.23 Å². The zero-order chi connectivity index (χ0) is 11.0. The van der Waals surface area contributed by atoms with Crippen LogP contribution in [0, 0.1) is 0 Å². The van der Waals surface area contributed by atoms with Gasteiger partial charge >= 0.3 is 5.97 Å². The molecular weight excluding hydrogens is 200 g/mol. The Labute approximate surface area is 87.0 Å². The van der Waals surface area contributed by atoms with Gasteiger partial charge < -0.3 is 15.6 Å². The van der Waals surface area contributed by atoms with Gasteiger partial charge in [0.05, 0.1) is 12.6 Å². The number of nitrogens with zero attached hydrogens (tertiary/aromatic N) is 1. The SMILES string of the molecule is N[C@@H]1CCC[C@H]2OC[C@H](C(=O)O)N2C1=O. The Morgan fingerprint density at radius 1 is 1.53 bits per heavy atom. The summed E-state index contributed by atoms with van der Waals surface area (Å²) in [5.74, 6) is -1.33. The lowest BCUT2D eigenvalue weighted by molar-refractivity contribution is -0.150. The maximum Gasteiger partial charge on any atom is 0.328 e. The summed E-state index contributed by atoms with van der Waals surface area (Å²) >= 11 is 0. The molecule has 0 aromatic carbocycles. The van der Waals surface area contributed by atoms with E-state index in [9.17, 15) is 9.59 Å². The summed E-state index contributed by atoms with van der Waals surface area (Å²) in [7, 11) is 0. The van der Waals surface area contributed by atoms with Gasteiger partial charge in [-0.05, 0) is 19.3 Å². The highest BCUT2D eigenvalue weighted by molar-refractivity contribution is 5.87. The molecule has 0 spiro atoms. The van der Waals surface area contributed by atoms with E-state index < -0.39 is 24.3 Å². The van der Waals surface area contributed by atoms with Gasteiger partial charge in [-0.1, -0.05) is 0 Å². The van der Waals surface area contributed by atoms with Gasteiger partial charge in [-0.25, -0.2) is 4.79 Å². The van der Waals surface area contributed by atoms with E-state index in [4.69, 9.17) is 15.6 Å². The quantitative estimate of drug-likeness (QED) is 0.592. The number of carbonyl (C=O) groups is 2. The van der Waals surface area contributed by atoms with Crippen molar-refractivity contribution >= 4 is 11.9 Å². The molecule has 1 amide bonds.